The highest BCUT2D eigenvalue weighted by Crippen LogP contribution is 2.06. The molecule has 0 aromatic carbocycles. The minimum absolute atomic E-state index is 0.750. The lowest BCUT2D eigenvalue weighted by atomic mass is 10.3. The second kappa shape index (κ2) is 7.18. The first-order chi connectivity index (χ1) is 8.90. The molecule has 1 aliphatic rings. The van der Waals surface area contributed by atoms with Crippen molar-refractivity contribution in [3.8, 4) is 0 Å². The van der Waals surface area contributed by atoms with E-state index in [0.29, 0.717) is 0 Å². The quantitative estimate of drug-likeness (QED) is 0.739. The van der Waals surface area contributed by atoms with Crippen molar-refractivity contribution >= 4 is 5.95 Å². The van der Waals surface area contributed by atoms with Crippen LogP contribution >= 0.6 is 0 Å². The van der Waals surface area contributed by atoms with Gasteiger partial charge >= 0.3 is 0 Å². The van der Waals surface area contributed by atoms with E-state index in [1.165, 1.54) is 0 Å². The monoisotopic (exact) mass is 250 g/mol. The van der Waals surface area contributed by atoms with Crippen molar-refractivity contribution in [2.75, 3.05) is 44.7 Å². The molecule has 100 valence electrons. The van der Waals surface area contributed by atoms with Crippen LogP contribution in [0, 0.1) is 0 Å². The average Bonchev–Trinajstić information content (AvgIpc) is 2.85. The van der Waals surface area contributed by atoms with Crippen LogP contribution in [-0.2, 0) is 11.3 Å². The zero-order valence-electron chi connectivity index (χ0n) is 10.8. The van der Waals surface area contributed by atoms with E-state index in [4.69, 9.17) is 4.74 Å². The number of morpholine rings is 1. The highest BCUT2D eigenvalue weighted by Gasteiger charge is 2.09. The number of anilines is 1. The first-order valence-corrected chi connectivity index (χ1v) is 6.56. The first-order valence-electron chi connectivity index (χ1n) is 6.56. The third-order valence-electron chi connectivity index (χ3n) is 3.10. The Labute approximate surface area is 108 Å². The van der Waals surface area contributed by atoms with E-state index in [-0.39, 0.29) is 0 Å². The topological polar surface area (TPSA) is 42.3 Å². The number of ether oxygens (including phenoxy) is 1. The van der Waals surface area contributed by atoms with Gasteiger partial charge in [0, 0.05) is 45.1 Å². The summed E-state index contributed by atoms with van der Waals surface area (Å²) < 4.78 is 7.50. The molecule has 0 amide bonds. The number of imidazole rings is 1. The van der Waals surface area contributed by atoms with Crippen LogP contribution in [0.2, 0.25) is 0 Å². The smallest absolute Gasteiger partial charge is 0.203 e. The Balaban J connectivity index is 1.72. The molecule has 0 saturated carbocycles. The maximum Gasteiger partial charge on any atom is 0.203 e. The minimum Gasteiger partial charge on any atom is -0.379 e. The van der Waals surface area contributed by atoms with E-state index in [2.05, 4.69) is 26.3 Å². The fourth-order valence-electron chi connectivity index (χ4n) is 2.11. The number of hydrogen-bond donors (Lipinski definition) is 1. The molecule has 18 heavy (non-hydrogen) atoms. The van der Waals surface area contributed by atoms with E-state index < -0.39 is 0 Å². The summed E-state index contributed by atoms with van der Waals surface area (Å²) in [7, 11) is 0. The zero-order valence-corrected chi connectivity index (χ0v) is 10.8. The van der Waals surface area contributed by atoms with E-state index >= 15 is 0 Å². The second-order valence-electron chi connectivity index (χ2n) is 4.42. The van der Waals surface area contributed by atoms with E-state index in [1.807, 2.05) is 18.5 Å². The van der Waals surface area contributed by atoms with Gasteiger partial charge in [0.15, 0.2) is 0 Å². The number of nitrogens with one attached hydrogen (secondary N) is 1. The predicted molar refractivity (Wildman–Crippen MR) is 72.8 cm³/mol. The molecule has 1 aromatic rings. The van der Waals surface area contributed by atoms with E-state index in [1.54, 1.807) is 0 Å². The molecule has 1 aliphatic heterocycles. The second-order valence-corrected chi connectivity index (χ2v) is 4.42. The molecular formula is C13H22N4O. The summed E-state index contributed by atoms with van der Waals surface area (Å²) in [5, 5.41) is 3.23. The molecule has 0 bridgehead atoms. The van der Waals surface area contributed by atoms with Crippen LogP contribution in [0.15, 0.2) is 25.0 Å². The van der Waals surface area contributed by atoms with E-state index in [0.717, 1.165) is 58.3 Å². The minimum atomic E-state index is 0.750. The molecule has 1 aromatic heterocycles. The van der Waals surface area contributed by atoms with Gasteiger partial charge in [0.2, 0.25) is 5.95 Å². The summed E-state index contributed by atoms with van der Waals surface area (Å²) >= 11 is 0. The Bertz CT molecular complexity index is 358. The molecule has 0 spiro atoms. The fourth-order valence-corrected chi connectivity index (χ4v) is 2.11. The van der Waals surface area contributed by atoms with Crippen LogP contribution in [-0.4, -0.2) is 53.8 Å². The average molecular weight is 250 g/mol. The molecule has 1 fully saturated rings. The van der Waals surface area contributed by atoms with Gasteiger partial charge in [-0.15, -0.1) is 6.58 Å². The summed E-state index contributed by atoms with van der Waals surface area (Å²) in [6.45, 7) is 10.4. The molecule has 2 rings (SSSR count). The van der Waals surface area contributed by atoms with Crippen LogP contribution < -0.4 is 5.32 Å². The Kier molecular flexibility index (Phi) is 5.23. The lowest BCUT2D eigenvalue weighted by Gasteiger charge is -2.26. The van der Waals surface area contributed by atoms with Gasteiger partial charge in [-0.2, -0.15) is 0 Å². The van der Waals surface area contributed by atoms with Gasteiger partial charge in [-0.1, -0.05) is 6.08 Å². The molecule has 5 nitrogen and oxygen atoms in total. The molecule has 0 unspecified atom stereocenters. The lowest BCUT2D eigenvalue weighted by molar-refractivity contribution is 0.0369. The van der Waals surface area contributed by atoms with Crippen molar-refractivity contribution in [2.24, 2.45) is 0 Å². The van der Waals surface area contributed by atoms with Crippen molar-refractivity contribution in [1.82, 2.24) is 14.5 Å². The lowest BCUT2D eigenvalue weighted by Crippen LogP contribution is -2.37. The first kappa shape index (κ1) is 13.1. The molecule has 5 heteroatoms. The van der Waals surface area contributed by atoms with Crippen LogP contribution in [0.4, 0.5) is 5.95 Å². The zero-order chi connectivity index (χ0) is 12.6. The van der Waals surface area contributed by atoms with E-state index in [9.17, 15) is 0 Å². The van der Waals surface area contributed by atoms with Gasteiger partial charge in [0.25, 0.3) is 0 Å². The van der Waals surface area contributed by atoms with Gasteiger partial charge in [0.05, 0.1) is 13.2 Å². The maximum atomic E-state index is 5.34. The number of nitrogens with zero attached hydrogens (tertiary/aromatic N) is 3. The standard InChI is InChI=1S/C13H22N4O/c1-2-4-14-13-15-5-8-17(13)7-3-6-16-9-11-18-12-10-16/h2,5,8H,1,3-4,6-7,9-12H2,(H,14,15). The Morgan fingerprint density at radius 2 is 2.22 bits per heavy atom. The third kappa shape index (κ3) is 3.85. The number of aromatic nitrogens is 2. The fraction of sp³-hybridized carbons (Fsp3) is 0.615. The predicted octanol–water partition coefficient (Wildman–Crippen LogP) is 1.20. The van der Waals surface area contributed by atoms with Crippen molar-refractivity contribution in [3.63, 3.8) is 0 Å². The molecule has 2 heterocycles. The molecule has 0 aliphatic carbocycles. The van der Waals surface area contributed by atoms with Gasteiger partial charge < -0.3 is 14.6 Å². The molecule has 1 N–H and O–H groups in total. The van der Waals surface area contributed by atoms with Crippen LogP contribution in [0.25, 0.3) is 0 Å². The van der Waals surface area contributed by atoms with Gasteiger partial charge in [-0.25, -0.2) is 4.98 Å². The number of hydrogen-bond acceptors (Lipinski definition) is 4. The molecule has 0 radical (unpaired) electrons. The van der Waals surface area contributed by atoms with Crippen molar-refractivity contribution in [2.45, 2.75) is 13.0 Å². The summed E-state index contributed by atoms with van der Waals surface area (Å²) in [5.74, 6) is 0.928. The Morgan fingerprint density at radius 1 is 1.39 bits per heavy atom. The summed E-state index contributed by atoms with van der Waals surface area (Å²) in [6.07, 6.45) is 6.83. The largest absolute Gasteiger partial charge is 0.379 e. The van der Waals surface area contributed by atoms with Crippen molar-refractivity contribution in [1.29, 1.82) is 0 Å². The molecular weight excluding hydrogens is 228 g/mol. The van der Waals surface area contributed by atoms with Gasteiger partial charge in [0.1, 0.15) is 0 Å². The summed E-state index contributed by atoms with van der Waals surface area (Å²) in [4.78, 5) is 6.75. The van der Waals surface area contributed by atoms with Gasteiger partial charge in [-0.3, -0.25) is 4.90 Å². The number of aryl methyl sites for hydroxylation is 1. The number of rotatable bonds is 7. The highest BCUT2D eigenvalue weighted by atomic mass is 16.5. The van der Waals surface area contributed by atoms with Crippen LogP contribution in [0.3, 0.4) is 0 Å². The SMILES string of the molecule is C=CCNc1nccn1CCCN1CCOCC1. The van der Waals surface area contributed by atoms with Crippen molar-refractivity contribution in [3.05, 3.63) is 25.0 Å². The normalized spacial score (nSPS) is 16.7. The maximum absolute atomic E-state index is 5.34. The van der Waals surface area contributed by atoms with Crippen LogP contribution in [0.1, 0.15) is 6.42 Å². The molecule has 0 atom stereocenters. The van der Waals surface area contributed by atoms with Crippen molar-refractivity contribution < 1.29 is 4.74 Å². The molecule has 1 saturated heterocycles. The highest BCUT2D eigenvalue weighted by molar-refractivity contribution is 5.26. The Morgan fingerprint density at radius 3 is 3.00 bits per heavy atom. The van der Waals surface area contributed by atoms with Crippen LogP contribution in [0.5, 0.6) is 0 Å². The Hall–Kier alpha value is -1.33. The summed E-state index contributed by atoms with van der Waals surface area (Å²) in [5.41, 5.74) is 0. The van der Waals surface area contributed by atoms with Gasteiger partial charge in [-0.05, 0) is 6.42 Å². The third-order valence-corrected chi connectivity index (χ3v) is 3.10. The summed E-state index contributed by atoms with van der Waals surface area (Å²) in [6, 6.07) is 0.